The fourth-order valence-electron chi connectivity index (χ4n) is 1.73. The number of benzene rings is 1. The Kier molecular flexibility index (Phi) is 6.54. The van der Waals surface area contributed by atoms with E-state index in [4.69, 9.17) is 21.1 Å². The van der Waals surface area contributed by atoms with Crippen molar-refractivity contribution in [1.82, 2.24) is 0 Å². The number of hydrazone groups is 1. The molecule has 0 bridgehead atoms. The average Bonchev–Trinajstić information content (AvgIpc) is 2.75. The number of ether oxygens (including phenoxy) is 2. The van der Waals surface area contributed by atoms with Crippen molar-refractivity contribution in [3.05, 3.63) is 35.1 Å². The Morgan fingerprint density at radius 1 is 1.48 bits per heavy atom. The Labute approximate surface area is 149 Å². The van der Waals surface area contributed by atoms with Gasteiger partial charge in [-0.05, 0) is 25.1 Å². The number of carbonyl (C=O) groups is 1. The minimum absolute atomic E-state index is 0. The SMILES string of the molecule is CCOC1=NN(c2cc(Cl)ccc2OC)C(=O)/C1=C/[O-].[Na+]. The summed E-state index contributed by atoms with van der Waals surface area (Å²) in [5, 5.41) is 16.5. The number of methoxy groups -OCH3 is 1. The first-order valence-electron chi connectivity index (χ1n) is 5.84. The first kappa shape index (κ1) is 17.8. The van der Waals surface area contributed by atoms with Gasteiger partial charge in [-0.15, -0.1) is 11.4 Å². The summed E-state index contributed by atoms with van der Waals surface area (Å²) in [6, 6.07) is 4.76. The third-order valence-electron chi connectivity index (χ3n) is 2.61. The molecule has 0 fully saturated rings. The van der Waals surface area contributed by atoms with Crippen LogP contribution in [0.3, 0.4) is 0 Å². The van der Waals surface area contributed by atoms with Crippen LogP contribution in [0.2, 0.25) is 5.02 Å². The summed E-state index contributed by atoms with van der Waals surface area (Å²) in [4.78, 5) is 12.2. The second kappa shape index (κ2) is 7.70. The third kappa shape index (κ3) is 3.52. The molecule has 0 aliphatic carbocycles. The monoisotopic (exact) mass is 318 g/mol. The number of anilines is 1. The molecule has 0 atom stereocenters. The standard InChI is InChI=1S/C13H13ClN2O4.Na/c1-3-20-12-9(7-17)13(18)16(15-12)10-6-8(14)4-5-11(10)19-2;/h4-7,17H,3H2,1-2H3;/q;+1/p-1/b9-7+;. The fourth-order valence-corrected chi connectivity index (χ4v) is 1.90. The van der Waals surface area contributed by atoms with Crippen LogP contribution in [0.5, 0.6) is 5.75 Å². The van der Waals surface area contributed by atoms with Crippen molar-refractivity contribution in [2.75, 3.05) is 18.7 Å². The Hall–Kier alpha value is -1.21. The van der Waals surface area contributed by atoms with Crippen LogP contribution < -0.4 is 44.4 Å². The van der Waals surface area contributed by atoms with E-state index in [1.54, 1.807) is 19.1 Å². The predicted octanol–water partition coefficient (Wildman–Crippen LogP) is -1.71. The summed E-state index contributed by atoms with van der Waals surface area (Å²) in [5.74, 6) is -0.173. The summed E-state index contributed by atoms with van der Waals surface area (Å²) >= 11 is 5.92. The molecule has 0 spiro atoms. The summed E-state index contributed by atoms with van der Waals surface area (Å²) in [7, 11) is 1.46. The van der Waals surface area contributed by atoms with Gasteiger partial charge in [-0.2, -0.15) is 5.01 Å². The van der Waals surface area contributed by atoms with Crippen LogP contribution in [-0.2, 0) is 9.53 Å². The quantitative estimate of drug-likeness (QED) is 0.378. The van der Waals surface area contributed by atoms with Crippen molar-refractivity contribution in [2.45, 2.75) is 6.92 Å². The Morgan fingerprint density at radius 2 is 2.19 bits per heavy atom. The molecule has 0 N–H and O–H groups in total. The molecule has 1 aromatic rings. The van der Waals surface area contributed by atoms with E-state index < -0.39 is 5.91 Å². The molecule has 1 amide bonds. The van der Waals surface area contributed by atoms with E-state index in [1.165, 1.54) is 13.2 Å². The fraction of sp³-hybridized carbons (Fsp3) is 0.231. The van der Waals surface area contributed by atoms with E-state index in [1.807, 2.05) is 0 Å². The molecule has 2 rings (SSSR count). The van der Waals surface area contributed by atoms with E-state index in [0.29, 0.717) is 29.3 Å². The number of nitrogens with zero attached hydrogens (tertiary/aromatic N) is 2. The zero-order valence-corrected chi connectivity index (χ0v) is 14.7. The molecule has 0 saturated heterocycles. The summed E-state index contributed by atoms with van der Waals surface area (Å²) < 4.78 is 10.3. The van der Waals surface area contributed by atoms with Crippen LogP contribution in [0, 0.1) is 0 Å². The molecular weight excluding hydrogens is 307 g/mol. The van der Waals surface area contributed by atoms with Crippen molar-refractivity contribution >= 4 is 29.1 Å². The van der Waals surface area contributed by atoms with Crippen LogP contribution in [0.1, 0.15) is 6.92 Å². The number of hydrogen-bond donors (Lipinski definition) is 0. The van der Waals surface area contributed by atoms with Crippen molar-refractivity contribution < 1.29 is 48.9 Å². The second-order valence-corrected chi connectivity index (χ2v) is 4.24. The van der Waals surface area contributed by atoms with Gasteiger partial charge in [0, 0.05) is 5.02 Å². The zero-order chi connectivity index (χ0) is 14.7. The van der Waals surface area contributed by atoms with Crippen LogP contribution in [-0.4, -0.2) is 25.5 Å². The van der Waals surface area contributed by atoms with Crippen molar-refractivity contribution in [2.24, 2.45) is 5.10 Å². The van der Waals surface area contributed by atoms with Gasteiger partial charge in [0.15, 0.2) is 0 Å². The van der Waals surface area contributed by atoms with E-state index >= 15 is 0 Å². The average molecular weight is 319 g/mol. The molecule has 0 saturated carbocycles. The molecule has 8 heteroatoms. The summed E-state index contributed by atoms with van der Waals surface area (Å²) in [6.07, 6.45) is 0.424. The van der Waals surface area contributed by atoms with Crippen LogP contribution in [0.15, 0.2) is 35.1 Å². The Bertz CT molecular complexity index is 604. The molecule has 1 aliphatic rings. The first-order chi connectivity index (χ1) is 9.62. The molecule has 21 heavy (non-hydrogen) atoms. The number of halogens is 1. The smallest absolute Gasteiger partial charge is 0.877 e. The van der Waals surface area contributed by atoms with Crippen molar-refractivity contribution in [1.29, 1.82) is 0 Å². The van der Waals surface area contributed by atoms with Crippen molar-refractivity contribution in [3.8, 4) is 5.75 Å². The zero-order valence-electron chi connectivity index (χ0n) is 11.9. The molecule has 6 nitrogen and oxygen atoms in total. The normalized spacial score (nSPS) is 15.8. The minimum atomic E-state index is -0.580. The molecule has 106 valence electrons. The van der Waals surface area contributed by atoms with Gasteiger partial charge in [0.25, 0.3) is 5.91 Å². The minimum Gasteiger partial charge on any atom is -0.877 e. The summed E-state index contributed by atoms with van der Waals surface area (Å²) in [5.41, 5.74) is 0.216. The molecule has 0 radical (unpaired) electrons. The molecule has 1 aliphatic heterocycles. The maximum atomic E-state index is 12.2. The Morgan fingerprint density at radius 3 is 2.76 bits per heavy atom. The van der Waals surface area contributed by atoms with Crippen LogP contribution in [0.25, 0.3) is 0 Å². The molecule has 1 aromatic carbocycles. The third-order valence-corrected chi connectivity index (χ3v) is 2.85. The van der Waals surface area contributed by atoms with Crippen LogP contribution in [0.4, 0.5) is 5.69 Å². The maximum Gasteiger partial charge on any atom is 1.00 e. The van der Waals surface area contributed by atoms with Gasteiger partial charge >= 0.3 is 29.6 Å². The summed E-state index contributed by atoms with van der Waals surface area (Å²) in [6.45, 7) is 2.03. The number of amides is 1. The van der Waals surface area contributed by atoms with E-state index in [9.17, 15) is 9.90 Å². The number of carbonyl (C=O) groups excluding carboxylic acids is 1. The topological polar surface area (TPSA) is 74.2 Å². The number of hydrogen-bond acceptors (Lipinski definition) is 5. The van der Waals surface area contributed by atoms with Gasteiger partial charge < -0.3 is 14.6 Å². The van der Waals surface area contributed by atoms with Gasteiger partial charge in [0.2, 0.25) is 5.90 Å². The van der Waals surface area contributed by atoms with Gasteiger partial charge in [0.05, 0.1) is 19.3 Å². The molecule has 1 heterocycles. The Balaban J connectivity index is 0.00000220. The predicted molar refractivity (Wildman–Crippen MR) is 72.6 cm³/mol. The first-order valence-corrected chi connectivity index (χ1v) is 6.22. The molecule has 0 aromatic heterocycles. The van der Waals surface area contributed by atoms with E-state index in [2.05, 4.69) is 5.10 Å². The van der Waals surface area contributed by atoms with Crippen LogP contribution >= 0.6 is 11.6 Å². The molecule has 0 unspecified atom stereocenters. The van der Waals surface area contributed by atoms with Gasteiger partial charge in [-0.25, -0.2) is 0 Å². The van der Waals surface area contributed by atoms with E-state index in [-0.39, 0.29) is 41.0 Å². The molecular formula is C13H12ClN2NaO4. The maximum absolute atomic E-state index is 12.2. The van der Waals surface area contributed by atoms with Gasteiger partial charge in [0.1, 0.15) is 11.4 Å². The number of rotatable bonds is 3. The second-order valence-electron chi connectivity index (χ2n) is 3.80. The van der Waals surface area contributed by atoms with E-state index in [0.717, 1.165) is 5.01 Å². The van der Waals surface area contributed by atoms with Gasteiger partial charge in [-0.1, -0.05) is 11.6 Å². The van der Waals surface area contributed by atoms with Crippen molar-refractivity contribution in [3.63, 3.8) is 0 Å². The largest absolute Gasteiger partial charge is 1.00 e. The van der Waals surface area contributed by atoms with Gasteiger partial charge in [-0.3, -0.25) is 4.79 Å².